The van der Waals surface area contributed by atoms with E-state index in [4.69, 9.17) is 5.73 Å². The summed E-state index contributed by atoms with van der Waals surface area (Å²) in [6.45, 7) is 0. The van der Waals surface area contributed by atoms with Crippen molar-refractivity contribution in [2.75, 3.05) is 10.7 Å². The minimum Gasteiger partial charge on any atom is -0.415 e. The van der Waals surface area contributed by atoms with Gasteiger partial charge in [-0.3, -0.25) is 4.79 Å². The molecule has 10 heteroatoms. The molecule has 1 saturated heterocycles. The Balaban J connectivity index is 2.33. The summed E-state index contributed by atoms with van der Waals surface area (Å²) in [5.74, 6) is -0.815. The number of nitrogens with zero attached hydrogens (tertiary/aromatic N) is 2. The van der Waals surface area contributed by atoms with Crippen LogP contribution >= 0.6 is 11.8 Å². The van der Waals surface area contributed by atoms with Crippen molar-refractivity contribution >= 4 is 29.6 Å². The van der Waals surface area contributed by atoms with Gasteiger partial charge in [0.1, 0.15) is 5.82 Å². The summed E-state index contributed by atoms with van der Waals surface area (Å²) >= 11 is 0.927. The Morgan fingerprint density at radius 2 is 2.25 bits per heavy atom. The number of nitrogens with two attached hydrogens (primary N) is 1. The van der Waals surface area contributed by atoms with Crippen LogP contribution in [0.2, 0.25) is 0 Å². The van der Waals surface area contributed by atoms with Crippen LogP contribution in [0.4, 0.5) is 23.8 Å². The van der Waals surface area contributed by atoms with Gasteiger partial charge in [-0.15, -0.1) is 0 Å². The summed E-state index contributed by atoms with van der Waals surface area (Å²) in [7, 11) is 0. The number of hydrogen-bond donors (Lipinski definition) is 1. The highest BCUT2D eigenvalue weighted by atomic mass is 32.2. The summed E-state index contributed by atoms with van der Waals surface area (Å²) in [6.07, 6.45) is -4.77. The Labute approximate surface area is 115 Å². The SMILES string of the molecule is NC(=O)OC1SCC(=O)N1c1cc(C(F)(F)F)ccn1. The summed E-state index contributed by atoms with van der Waals surface area (Å²) < 4.78 is 42.5. The lowest BCUT2D eigenvalue weighted by molar-refractivity contribution is -0.137. The molecule has 2 N–H and O–H groups in total. The molecular formula is C10H8F3N3O3S. The highest BCUT2D eigenvalue weighted by molar-refractivity contribution is 8.01. The van der Waals surface area contributed by atoms with Crippen LogP contribution in [0.15, 0.2) is 18.3 Å². The molecule has 0 aliphatic carbocycles. The maximum absolute atomic E-state index is 12.6. The minimum absolute atomic E-state index is 0.0458. The van der Waals surface area contributed by atoms with Crippen LogP contribution in [0, 0.1) is 0 Å². The van der Waals surface area contributed by atoms with E-state index in [9.17, 15) is 22.8 Å². The van der Waals surface area contributed by atoms with Gasteiger partial charge in [0, 0.05) is 6.20 Å². The molecule has 2 amide bonds. The van der Waals surface area contributed by atoms with Crippen LogP contribution in [0.3, 0.4) is 0 Å². The van der Waals surface area contributed by atoms with E-state index in [2.05, 4.69) is 9.72 Å². The smallest absolute Gasteiger partial charge is 0.415 e. The predicted octanol–water partition coefficient (Wildman–Crippen LogP) is 1.56. The fraction of sp³-hybridized carbons (Fsp3) is 0.300. The number of alkyl halides is 3. The molecule has 0 radical (unpaired) electrons. The predicted molar refractivity (Wildman–Crippen MR) is 63.6 cm³/mol. The van der Waals surface area contributed by atoms with Gasteiger partial charge in [-0.2, -0.15) is 13.2 Å². The van der Waals surface area contributed by atoms with Gasteiger partial charge >= 0.3 is 12.3 Å². The Kier molecular flexibility index (Phi) is 3.75. The van der Waals surface area contributed by atoms with Gasteiger partial charge in [0.15, 0.2) is 0 Å². The molecule has 1 unspecified atom stereocenters. The number of halogens is 3. The van der Waals surface area contributed by atoms with E-state index in [0.29, 0.717) is 6.07 Å². The Morgan fingerprint density at radius 3 is 2.85 bits per heavy atom. The van der Waals surface area contributed by atoms with Crippen molar-refractivity contribution < 1.29 is 27.5 Å². The number of anilines is 1. The zero-order chi connectivity index (χ0) is 14.9. The molecular weight excluding hydrogens is 299 g/mol. The van der Waals surface area contributed by atoms with Crippen molar-refractivity contribution in [3.63, 3.8) is 0 Å². The van der Waals surface area contributed by atoms with Crippen molar-refractivity contribution in [2.45, 2.75) is 11.7 Å². The number of amides is 2. The van der Waals surface area contributed by atoms with Gasteiger partial charge in [0.05, 0.1) is 11.3 Å². The van der Waals surface area contributed by atoms with Crippen LogP contribution in [0.5, 0.6) is 0 Å². The van der Waals surface area contributed by atoms with Crippen molar-refractivity contribution in [3.8, 4) is 0 Å². The Bertz CT molecular complexity index is 552. The molecule has 1 aliphatic heterocycles. The molecule has 108 valence electrons. The molecule has 0 aromatic carbocycles. The van der Waals surface area contributed by atoms with E-state index < -0.39 is 29.3 Å². The number of primary amides is 1. The van der Waals surface area contributed by atoms with E-state index in [-0.39, 0.29) is 11.6 Å². The number of aromatic nitrogens is 1. The first-order valence-corrected chi connectivity index (χ1v) is 6.27. The quantitative estimate of drug-likeness (QED) is 0.896. The first-order valence-electron chi connectivity index (χ1n) is 5.22. The van der Waals surface area contributed by atoms with Crippen LogP contribution in [0.25, 0.3) is 0 Å². The van der Waals surface area contributed by atoms with Crippen molar-refractivity contribution in [1.29, 1.82) is 0 Å². The topological polar surface area (TPSA) is 85.5 Å². The van der Waals surface area contributed by atoms with Crippen molar-refractivity contribution in [2.24, 2.45) is 5.73 Å². The second-order valence-electron chi connectivity index (χ2n) is 3.72. The summed E-state index contributed by atoms with van der Waals surface area (Å²) in [5, 5.41) is 0. The molecule has 1 aromatic heterocycles. The van der Waals surface area contributed by atoms with E-state index in [1.165, 1.54) is 0 Å². The third-order valence-electron chi connectivity index (χ3n) is 2.37. The van der Waals surface area contributed by atoms with E-state index in [1.807, 2.05) is 0 Å². The average Bonchev–Trinajstić information content (AvgIpc) is 2.69. The highest BCUT2D eigenvalue weighted by Gasteiger charge is 2.38. The van der Waals surface area contributed by atoms with E-state index >= 15 is 0 Å². The molecule has 1 atom stereocenters. The lowest BCUT2D eigenvalue weighted by atomic mass is 10.2. The first-order chi connectivity index (χ1) is 9.29. The Hall–Kier alpha value is -1.97. The number of carbonyl (C=O) groups excluding carboxylic acids is 2. The average molecular weight is 307 g/mol. The van der Waals surface area contributed by atoms with Crippen LogP contribution in [-0.2, 0) is 15.7 Å². The molecule has 6 nitrogen and oxygen atoms in total. The second-order valence-corrected chi connectivity index (χ2v) is 4.74. The Morgan fingerprint density at radius 1 is 1.55 bits per heavy atom. The molecule has 20 heavy (non-hydrogen) atoms. The molecule has 1 aliphatic rings. The zero-order valence-electron chi connectivity index (χ0n) is 9.76. The molecule has 1 aromatic rings. The van der Waals surface area contributed by atoms with Crippen LogP contribution in [0.1, 0.15) is 5.56 Å². The van der Waals surface area contributed by atoms with E-state index in [0.717, 1.165) is 28.9 Å². The monoisotopic (exact) mass is 307 g/mol. The van der Waals surface area contributed by atoms with Gasteiger partial charge < -0.3 is 10.5 Å². The zero-order valence-corrected chi connectivity index (χ0v) is 10.6. The maximum atomic E-state index is 12.6. The number of thioether (sulfide) groups is 1. The summed E-state index contributed by atoms with van der Waals surface area (Å²) in [6, 6.07) is 1.49. The number of pyridine rings is 1. The number of ether oxygens (including phenoxy) is 1. The van der Waals surface area contributed by atoms with Crippen molar-refractivity contribution in [1.82, 2.24) is 4.98 Å². The first kappa shape index (κ1) is 14.4. The van der Waals surface area contributed by atoms with Crippen molar-refractivity contribution in [3.05, 3.63) is 23.9 Å². The van der Waals surface area contributed by atoms with Gasteiger partial charge in [0.25, 0.3) is 0 Å². The highest BCUT2D eigenvalue weighted by Crippen LogP contribution is 2.34. The van der Waals surface area contributed by atoms with Gasteiger partial charge in [-0.25, -0.2) is 14.7 Å². The normalized spacial score (nSPS) is 19.2. The molecule has 0 saturated carbocycles. The molecule has 1 fully saturated rings. The molecule has 2 rings (SSSR count). The second kappa shape index (κ2) is 5.19. The number of carbonyl (C=O) groups is 2. The third-order valence-corrected chi connectivity index (χ3v) is 3.37. The number of hydrogen-bond acceptors (Lipinski definition) is 5. The van der Waals surface area contributed by atoms with Crippen LogP contribution in [-0.4, -0.2) is 28.3 Å². The van der Waals surface area contributed by atoms with Gasteiger partial charge in [0.2, 0.25) is 11.5 Å². The van der Waals surface area contributed by atoms with Crippen LogP contribution < -0.4 is 10.6 Å². The molecule has 0 bridgehead atoms. The largest absolute Gasteiger partial charge is 0.416 e. The summed E-state index contributed by atoms with van der Waals surface area (Å²) in [5.41, 5.74) is 2.78. The molecule has 2 heterocycles. The standard InChI is InChI=1S/C10H8F3N3O3S/c11-10(12,13)5-1-2-15-6(3-5)16-7(17)4-20-9(16)19-8(14)18/h1-3,9H,4H2,(H2,14,18). The van der Waals surface area contributed by atoms with Gasteiger partial charge in [-0.05, 0) is 12.1 Å². The molecule has 0 spiro atoms. The van der Waals surface area contributed by atoms with E-state index in [1.54, 1.807) is 0 Å². The maximum Gasteiger partial charge on any atom is 0.416 e. The fourth-order valence-electron chi connectivity index (χ4n) is 1.55. The summed E-state index contributed by atoms with van der Waals surface area (Å²) in [4.78, 5) is 27.0. The number of rotatable bonds is 2. The lowest BCUT2D eigenvalue weighted by Crippen LogP contribution is -2.37. The van der Waals surface area contributed by atoms with Gasteiger partial charge in [-0.1, -0.05) is 11.8 Å². The lowest BCUT2D eigenvalue weighted by Gasteiger charge is -2.22. The third kappa shape index (κ3) is 2.95. The minimum atomic E-state index is -4.56. The fourth-order valence-corrected chi connectivity index (χ4v) is 2.51.